The summed E-state index contributed by atoms with van der Waals surface area (Å²) in [6.45, 7) is 1.60. The van der Waals surface area contributed by atoms with Gasteiger partial charge in [-0.05, 0) is 19.1 Å². The number of halogens is 2. The summed E-state index contributed by atoms with van der Waals surface area (Å²) >= 11 is 11.6. The van der Waals surface area contributed by atoms with Crippen LogP contribution in [0.3, 0.4) is 0 Å². The van der Waals surface area contributed by atoms with Gasteiger partial charge in [-0.3, -0.25) is 4.79 Å². The molecule has 5 nitrogen and oxygen atoms in total. The van der Waals surface area contributed by atoms with E-state index in [4.69, 9.17) is 28.9 Å². The Kier molecular flexibility index (Phi) is 5.06. The first-order valence-corrected chi connectivity index (χ1v) is 8.15. The molecule has 0 spiro atoms. The lowest BCUT2D eigenvalue weighted by Crippen LogP contribution is -2.37. The molecule has 3 N–H and O–H groups in total. The van der Waals surface area contributed by atoms with E-state index in [0.29, 0.717) is 0 Å². The van der Waals surface area contributed by atoms with Crippen LogP contribution in [0.15, 0.2) is 12.1 Å². The van der Waals surface area contributed by atoms with Crippen LogP contribution in [0.5, 0.6) is 0 Å². The van der Waals surface area contributed by atoms with Crippen LogP contribution in [-0.2, 0) is 9.84 Å². The van der Waals surface area contributed by atoms with Crippen LogP contribution in [0.25, 0.3) is 0 Å². The molecule has 0 heterocycles. The zero-order valence-electron chi connectivity index (χ0n) is 10.4. The van der Waals surface area contributed by atoms with E-state index in [1.807, 2.05) is 0 Å². The van der Waals surface area contributed by atoms with E-state index in [0.717, 1.165) is 6.26 Å². The maximum atomic E-state index is 11.9. The van der Waals surface area contributed by atoms with Crippen LogP contribution in [0.2, 0.25) is 10.0 Å². The van der Waals surface area contributed by atoms with Crippen LogP contribution < -0.4 is 11.1 Å². The van der Waals surface area contributed by atoms with Gasteiger partial charge in [0.15, 0.2) is 0 Å². The fourth-order valence-corrected chi connectivity index (χ4v) is 3.00. The van der Waals surface area contributed by atoms with Crippen LogP contribution in [0, 0.1) is 0 Å². The Balaban J connectivity index is 2.85. The van der Waals surface area contributed by atoms with Crippen LogP contribution >= 0.6 is 23.2 Å². The van der Waals surface area contributed by atoms with E-state index in [9.17, 15) is 13.2 Å². The molecule has 1 rings (SSSR count). The number of anilines is 1. The molecule has 0 saturated carbocycles. The molecule has 0 fully saturated rings. The summed E-state index contributed by atoms with van der Waals surface area (Å²) in [7, 11) is -3.16. The summed E-state index contributed by atoms with van der Waals surface area (Å²) in [5, 5.41) is 2.90. The van der Waals surface area contributed by atoms with E-state index in [1.54, 1.807) is 6.92 Å². The maximum Gasteiger partial charge on any atom is 0.251 e. The molecule has 0 bridgehead atoms. The van der Waals surface area contributed by atoms with Gasteiger partial charge < -0.3 is 11.1 Å². The number of hydrogen-bond donors (Lipinski definition) is 2. The van der Waals surface area contributed by atoms with E-state index in [2.05, 4.69) is 5.32 Å². The molecule has 106 valence electrons. The predicted molar refractivity (Wildman–Crippen MR) is 77.5 cm³/mol. The Morgan fingerprint density at radius 2 is 1.84 bits per heavy atom. The molecule has 0 radical (unpaired) electrons. The molecule has 0 aliphatic heterocycles. The van der Waals surface area contributed by atoms with Gasteiger partial charge in [0, 0.05) is 17.9 Å². The standard InChI is InChI=1S/C11H14Cl2N2O3S/c1-6(5-19(2,17)18)15-11(16)7-3-8(12)10(14)9(13)4-7/h3-4,6H,5,14H2,1-2H3,(H,15,16). The number of sulfone groups is 1. The van der Waals surface area contributed by atoms with Gasteiger partial charge >= 0.3 is 0 Å². The minimum Gasteiger partial charge on any atom is -0.396 e. The maximum absolute atomic E-state index is 11.9. The van der Waals surface area contributed by atoms with Crippen molar-refractivity contribution in [1.82, 2.24) is 5.32 Å². The molecule has 1 atom stereocenters. The molecule has 19 heavy (non-hydrogen) atoms. The summed E-state index contributed by atoms with van der Waals surface area (Å²) in [5.74, 6) is -0.602. The average molecular weight is 325 g/mol. The Morgan fingerprint density at radius 1 is 1.37 bits per heavy atom. The number of nitrogens with two attached hydrogens (primary N) is 1. The van der Waals surface area contributed by atoms with E-state index in [1.165, 1.54) is 12.1 Å². The monoisotopic (exact) mass is 324 g/mol. The lowest BCUT2D eigenvalue weighted by Gasteiger charge is -2.13. The van der Waals surface area contributed by atoms with Crippen molar-refractivity contribution in [2.45, 2.75) is 13.0 Å². The second-order valence-corrected chi connectivity index (χ2v) is 7.32. The molecule has 0 aliphatic rings. The summed E-state index contributed by atoms with van der Waals surface area (Å²) in [5.41, 5.74) is 5.99. The van der Waals surface area contributed by atoms with Gasteiger partial charge in [0.25, 0.3) is 5.91 Å². The van der Waals surface area contributed by atoms with Gasteiger partial charge in [-0.2, -0.15) is 0 Å². The zero-order valence-corrected chi connectivity index (χ0v) is 12.7. The first-order chi connectivity index (χ1) is 8.60. The molecule has 0 aromatic heterocycles. The van der Waals surface area contributed by atoms with E-state index >= 15 is 0 Å². The van der Waals surface area contributed by atoms with Gasteiger partial charge in [0.05, 0.1) is 21.5 Å². The molecule has 0 saturated heterocycles. The highest BCUT2D eigenvalue weighted by Gasteiger charge is 2.16. The predicted octanol–water partition coefficient (Wildman–Crippen LogP) is 1.74. The topological polar surface area (TPSA) is 89.3 Å². The zero-order chi connectivity index (χ0) is 14.8. The normalized spacial score (nSPS) is 13.1. The summed E-state index contributed by atoms with van der Waals surface area (Å²) < 4.78 is 22.2. The number of rotatable bonds is 4. The first-order valence-electron chi connectivity index (χ1n) is 5.33. The van der Waals surface area contributed by atoms with Crippen LogP contribution in [0.4, 0.5) is 5.69 Å². The minimum absolute atomic E-state index is 0.144. The lowest BCUT2D eigenvalue weighted by molar-refractivity contribution is 0.0943. The molecule has 1 aromatic rings. The van der Waals surface area contributed by atoms with E-state index < -0.39 is 21.8 Å². The molecule has 8 heteroatoms. The fraction of sp³-hybridized carbons (Fsp3) is 0.364. The van der Waals surface area contributed by atoms with Crippen molar-refractivity contribution in [2.24, 2.45) is 0 Å². The average Bonchev–Trinajstić information content (AvgIpc) is 2.22. The highest BCUT2D eigenvalue weighted by atomic mass is 35.5. The molecular formula is C11H14Cl2N2O3S. The summed E-state index contributed by atoms with van der Waals surface area (Å²) in [6, 6.07) is 2.24. The molecule has 1 amide bonds. The number of carbonyl (C=O) groups excluding carboxylic acids is 1. The number of benzene rings is 1. The molecule has 1 aromatic carbocycles. The Labute approximate surface area is 122 Å². The number of nitrogen functional groups attached to an aromatic ring is 1. The third-order valence-corrected chi connectivity index (χ3v) is 4.00. The third-order valence-electron chi connectivity index (χ3n) is 2.27. The van der Waals surface area contributed by atoms with Crippen molar-refractivity contribution in [2.75, 3.05) is 17.7 Å². The van der Waals surface area contributed by atoms with Gasteiger partial charge in [0.2, 0.25) is 0 Å². The summed E-state index contributed by atoms with van der Waals surface area (Å²) in [6.07, 6.45) is 1.10. The lowest BCUT2D eigenvalue weighted by atomic mass is 10.2. The largest absolute Gasteiger partial charge is 0.396 e. The van der Waals surface area contributed by atoms with Crippen molar-refractivity contribution in [3.05, 3.63) is 27.7 Å². The van der Waals surface area contributed by atoms with Crippen molar-refractivity contribution < 1.29 is 13.2 Å². The smallest absolute Gasteiger partial charge is 0.251 e. The molecule has 0 aliphatic carbocycles. The number of carbonyl (C=O) groups is 1. The van der Waals surface area contributed by atoms with Gasteiger partial charge in [-0.1, -0.05) is 23.2 Å². The Morgan fingerprint density at radius 3 is 2.26 bits per heavy atom. The van der Waals surface area contributed by atoms with Crippen molar-refractivity contribution in [3.63, 3.8) is 0 Å². The van der Waals surface area contributed by atoms with Gasteiger partial charge in [-0.15, -0.1) is 0 Å². The van der Waals surface area contributed by atoms with Crippen molar-refractivity contribution in [3.8, 4) is 0 Å². The highest BCUT2D eigenvalue weighted by molar-refractivity contribution is 7.90. The SMILES string of the molecule is CC(CS(C)(=O)=O)NC(=O)c1cc(Cl)c(N)c(Cl)c1. The van der Waals surface area contributed by atoms with Gasteiger partial charge in [-0.25, -0.2) is 8.42 Å². The number of hydrogen-bond acceptors (Lipinski definition) is 4. The highest BCUT2D eigenvalue weighted by Crippen LogP contribution is 2.28. The van der Waals surface area contributed by atoms with Crippen molar-refractivity contribution >= 4 is 44.6 Å². The van der Waals surface area contributed by atoms with Crippen LogP contribution in [-0.4, -0.2) is 32.4 Å². The first kappa shape index (κ1) is 16.1. The Bertz CT molecular complexity index is 579. The number of nitrogens with one attached hydrogen (secondary N) is 1. The molecular weight excluding hydrogens is 311 g/mol. The fourth-order valence-electron chi connectivity index (χ4n) is 1.52. The Hall–Kier alpha value is -0.980. The molecule has 1 unspecified atom stereocenters. The second-order valence-electron chi connectivity index (χ2n) is 4.32. The number of amides is 1. The quantitative estimate of drug-likeness (QED) is 0.825. The minimum atomic E-state index is -3.16. The van der Waals surface area contributed by atoms with E-state index in [-0.39, 0.29) is 27.0 Å². The summed E-state index contributed by atoms with van der Waals surface area (Å²) in [4.78, 5) is 11.9. The second kappa shape index (κ2) is 5.98. The van der Waals surface area contributed by atoms with Crippen molar-refractivity contribution in [1.29, 1.82) is 0 Å². The van der Waals surface area contributed by atoms with Gasteiger partial charge in [0.1, 0.15) is 9.84 Å². The van der Waals surface area contributed by atoms with Crippen LogP contribution in [0.1, 0.15) is 17.3 Å². The third kappa shape index (κ3) is 4.89.